The van der Waals surface area contributed by atoms with E-state index in [9.17, 15) is 4.79 Å². The standard InChI is InChI=1S/C22H37N5O2.HI/c1-2-23-22(25-12-11-24-21(28)16-18-8-3-4-9-18)26-17-19(20-10-7-15-29-20)27-13-5-6-14-27;/h7,10,15,18-19H,2-6,8-9,11-14,16-17H2,1H3,(H,24,28)(H2,23,25,26);1H. The van der Waals surface area contributed by atoms with E-state index in [4.69, 9.17) is 9.41 Å². The van der Waals surface area contributed by atoms with Gasteiger partial charge in [-0.25, -0.2) is 0 Å². The zero-order valence-electron chi connectivity index (χ0n) is 18.2. The summed E-state index contributed by atoms with van der Waals surface area (Å²) in [7, 11) is 0. The van der Waals surface area contributed by atoms with Gasteiger partial charge in [0, 0.05) is 26.1 Å². The summed E-state index contributed by atoms with van der Waals surface area (Å²) >= 11 is 0. The molecule has 3 rings (SSSR count). The van der Waals surface area contributed by atoms with Gasteiger partial charge in [0.15, 0.2) is 5.96 Å². The zero-order valence-corrected chi connectivity index (χ0v) is 20.5. The molecule has 1 saturated carbocycles. The normalized spacial score (nSPS) is 18.8. The Morgan fingerprint density at radius 1 is 1.17 bits per heavy atom. The lowest BCUT2D eigenvalue weighted by Gasteiger charge is -2.24. The van der Waals surface area contributed by atoms with Crippen LogP contribution in [-0.4, -0.2) is 56.0 Å². The van der Waals surface area contributed by atoms with Gasteiger partial charge in [-0.2, -0.15) is 0 Å². The first-order valence-corrected chi connectivity index (χ1v) is 11.3. The van der Waals surface area contributed by atoms with Gasteiger partial charge >= 0.3 is 0 Å². The molecule has 30 heavy (non-hydrogen) atoms. The summed E-state index contributed by atoms with van der Waals surface area (Å²) in [4.78, 5) is 19.3. The van der Waals surface area contributed by atoms with Crippen LogP contribution >= 0.6 is 24.0 Å². The highest BCUT2D eigenvalue weighted by atomic mass is 127. The summed E-state index contributed by atoms with van der Waals surface area (Å²) in [5, 5.41) is 9.67. The number of nitrogens with one attached hydrogen (secondary N) is 3. The fourth-order valence-electron chi connectivity index (χ4n) is 4.37. The number of likely N-dealkylation sites (tertiary alicyclic amines) is 1. The minimum absolute atomic E-state index is 0. The van der Waals surface area contributed by atoms with Gasteiger partial charge in [-0.05, 0) is 63.7 Å². The molecule has 1 aromatic heterocycles. The highest BCUT2D eigenvalue weighted by Crippen LogP contribution is 2.27. The Balaban J connectivity index is 0.00000320. The quantitative estimate of drug-likeness (QED) is 0.187. The van der Waals surface area contributed by atoms with Crippen LogP contribution < -0.4 is 16.0 Å². The topological polar surface area (TPSA) is 81.9 Å². The number of aliphatic imine (C=N–C) groups is 1. The maximum atomic E-state index is 12.1. The summed E-state index contributed by atoms with van der Waals surface area (Å²) in [6.45, 7) is 6.98. The second-order valence-corrected chi connectivity index (χ2v) is 8.13. The van der Waals surface area contributed by atoms with Crippen LogP contribution in [0.25, 0.3) is 0 Å². The van der Waals surface area contributed by atoms with E-state index >= 15 is 0 Å². The van der Waals surface area contributed by atoms with Gasteiger partial charge in [-0.15, -0.1) is 24.0 Å². The smallest absolute Gasteiger partial charge is 0.220 e. The monoisotopic (exact) mass is 531 g/mol. The van der Waals surface area contributed by atoms with E-state index in [1.54, 1.807) is 6.26 Å². The molecule has 0 spiro atoms. The van der Waals surface area contributed by atoms with Gasteiger partial charge in [0.2, 0.25) is 5.91 Å². The van der Waals surface area contributed by atoms with Crippen molar-refractivity contribution in [2.24, 2.45) is 10.9 Å². The van der Waals surface area contributed by atoms with E-state index in [1.807, 2.05) is 12.1 Å². The molecule has 2 heterocycles. The Kier molecular flexibility index (Phi) is 11.6. The predicted octanol–water partition coefficient (Wildman–Crippen LogP) is 3.29. The summed E-state index contributed by atoms with van der Waals surface area (Å²) in [5.41, 5.74) is 0. The molecule has 1 unspecified atom stereocenters. The predicted molar refractivity (Wildman–Crippen MR) is 131 cm³/mol. The van der Waals surface area contributed by atoms with Crippen molar-refractivity contribution in [2.45, 2.75) is 57.9 Å². The number of carbonyl (C=O) groups excluding carboxylic acids is 1. The zero-order chi connectivity index (χ0) is 20.3. The van der Waals surface area contributed by atoms with Crippen molar-refractivity contribution in [2.75, 3.05) is 39.3 Å². The van der Waals surface area contributed by atoms with E-state index in [2.05, 4.69) is 27.8 Å². The average Bonchev–Trinajstić information content (AvgIpc) is 3.49. The number of carbonyl (C=O) groups is 1. The largest absolute Gasteiger partial charge is 0.468 e. The van der Waals surface area contributed by atoms with Gasteiger partial charge < -0.3 is 20.4 Å². The molecule has 1 aliphatic heterocycles. The summed E-state index contributed by atoms with van der Waals surface area (Å²) in [5.74, 6) is 2.53. The minimum Gasteiger partial charge on any atom is -0.468 e. The van der Waals surface area contributed by atoms with Crippen molar-refractivity contribution in [3.05, 3.63) is 24.2 Å². The second-order valence-electron chi connectivity index (χ2n) is 8.13. The summed E-state index contributed by atoms with van der Waals surface area (Å²) in [6.07, 6.45) is 9.85. The van der Waals surface area contributed by atoms with Gasteiger partial charge in [-0.3, -0.25) is 14.7 Å². The van der Waals surface area contributed by atoms with Crippen molar-refractivity contribution < 1.29 is 9.21 Å². The highest BCUT2D eigenvalue weighted by molar-refractivity contribution is 14.0. The average molecular weight is 531 g/mol. The van der Waals surface area contributed by atoms with Crippen LogP contribution in [0.1, 0.15) is 63.7 Å². The third-order valence-corrected chi connectivity index (χ3v) is 5.91. The van der Waals surface area contributed by atoms with Crippen molar-refractivity contribution in [3.63, 3.8) is 0 Å². The van der Waals surface area contributed by atoms with Gasteiger partial charge in [0.1, 0.15) is 5.76 Å². The van der Waals surface area contributed by atoms with Crippen molar-refractivity contribution >= 4 is 35.8 Å². The molecular formula is C22H38IN5O2. The molecule has 1 aromatic rings. The second kappa shape index (κ2) is 13.9. The fraction of sp³-hybridized carbons (Fsp3) is 0.727. The van der Waals surface area contributed by atoms with Crippen LogP contribution in [-0.2, 0) is 4.79 Å². The van der Waals surface area contributed by atoms with Crippen LogP contribution in [0.2, 0.25) is 0 Å². The van der Waals surface area contributed by atoms with Crippen molar-refractivity contribution in [1.82, 2.24) is 20.9 Å². The summed E-state index contributed by atoms with van der Waals surface area (Å²) < 4.78 is 5.68. The molecule has 1 saturated heterocycles. The third kappa shape index (κ3) is 8.09. The van der Waals surface area contributed by atoms with Gasteiger partial charge in [0.25, 0.3) is 0 Å². The molecule has 7 nitrogen and oxygen atoms in total. The number of nitrogens with zero attached hydrogens (tertiary/aromatic N) is 2. The van der Waals surface area contributed by atoms with Gasteiger partial charge in [-0.1, -0.05) is 12.8 Å². The first kappa shape index (κ1) is 25.0. The molecule has 2 fully saturated rings. The molecule has 3 N–H and O–H groups in total. The van der Waals surface area contributed by atoms with Crippen molar-refractivity contribution in [1.29, 1.82) is 0 Å². The maximum Gasteiger partial charge on any atom is 0.220 e. The maximum absolute atomic E-state index is 12.1. The molecule has 1 amide bonds. The van der Waals surface area contributed by atoms with Crippen LogP contribution in [0.4, 0.5) is 0 Å². The Hall–Kier alpha value is -1.29. The molecule has 1 atom stereocenters. The van der Waals surface area contributed by atoms with Crippen LogP contribution in [0.5, 0.6) is 0 Å². The number of amides is 1. The van der Waals surface area contributed by atoms with E-state index in [1.165, 1.54) is 38.5 Å². The number of rotatable bonds is 10. The molecule has 2 aliphatic rings. The molecule has 0 bridgehead atoms. The first-order chi connectivity index (χ1) is 14.3. The lowest BCUT2D eigenvalue weighted by atomic mass is 10.0. The van der Waals surface area contributed by atoms with Gasteiger partial charge in [0.05, 0.1) is 18.8 Å². The Morgan fingerprint density at radius 3 is 2.57 bits per heavy atom. The van der Waals surface area contributed by atoms with E-state index in [-0.39, 0.29) is 35.9 Å². The lowest BCUT2D eigenvalue weighted by molar-refractivity contribution is -0.121. The SMILES string of the molecule is CCNC(=NCC(c1ccco1)N1CCCC1)NCCNC(=O)CC1CCCC1.I. The summed E-state index contributed by atoms with van der Waals surface area (Å²) in [6, 6.07) is 4.16. The first-order valence-electron chi connectivity index (χ1n) is 11.3. The molecular weight excluding hydrogens is 493 g/mol. The number of guanidine groups is 1. The Morgan fingerprint density at radius 2 is 1.90 bits per heavy atom. The molecule has 1 aliphatic carbocycles. The lowest BCUT2D eigenvalue weighted by Crippen LogP contribution is -2.42. The number of hydrogen-bond acceptors (Lipinski definition) is 4. The van der Waals surface area contributed by atoms with E-state index in [0.717, 1.165) is 31.4 Å². The van der Waals surface area contributed by atoms with Crippen LogP contribution in [0.15, 0.2) is 27.8 Å². The van der Waals surface area contributed by atoms with Crippen LogP contribution in [0.3, 0.4) is 0 Å². The minimum atomic E-state index is 0. The molecule has 0 radical (unpaired) electrons. The Labute approximate surface area is 197 Å². The molecule has 0 aromatic carbocycles. The Bertz CT molecular complexity index is 625. The number of hydrogen-bond donors (Lipinski definition) is 3. The molecule has 8 heteroatoms. The van der Waals surface area contributed by atoms with Crippen LogP contribution in [0, 0.1) is 5.92 Å². The number of halogens is 1. The fourth-order valence-corrected chi connectivity index (χ4v) is 4.37. The highest BCUT2D eigenvalue weighted by Gasteiger charge is 2.25. The van der Waals surface area contributed by atoms with E-state index in [0.29, 0.717) is 32.0 Å². The molecule has 170 valence electrons. The van der Waals surface area contributed by atoms with Crippen molar-refractivity contribution in [3.8, 4) is 0 Å². The van der Waals surface area contributed by atoms with E-state index < -0.39 is 0 Å². The number of furan rings is 1. The third-order valence-electron chi connectivity index (χ3n) is 5.91.